The van der Waals surface area contributed by atoms with Crippen LogP contribution < -0.4 is 5.73 Å². The Morgan fingerprint density at radius 1 is 1.33 bits per heavy atom. The topological polar surface area (TPSA) is 74.2 Å². The molecule has 0 aliphatic heterocycles. The Morgan fingerprint density at radius 3 is 2.62 bits per heavy atom. The summed E-state index contributed by atoms with van der Waals surface area (Å²) in [5, 5.41) is 4.12. The van der Waals surface area contributed by atoms with Crippen molar-refractivity contribution in [2.45, 2.75) is 44.1 Å². The number of methoxy groups -OCH3 is 1. The third-order valence-electron chi connectivity index (χ3n) is 4.19. The van der Waals surface area contributed by atoms with E-state index in [-0.39, 0.29) is 11.5 Å². The number of ether oxygens (including phenoxy) is 1. The fraction of sp³-hybridized carbons (Fsp3) is 0.500. The summed E-state index contributed by atoms with van der Waals surface area (Å²) in [5.74, 6) is 1.34. The predicted octanol–water partition coefficient (Wildman–Crippen LogP) is 3.22. The Kier molecular flexibility index (Phi) is 3.68. The summed E-state index contributed by atoms with van der Waals surface area (Å²) in [6, 6.07) is 7.93. The molecule has 0 saturated heterocycles. The largest absolute Gasteiger partial charge is 0.399 e. The molecule has 1 aromatic carbocycles. The highest BCUT2D eigenvalue weighted by molar-refractivity contribution is 5.46. The summed E-state index contributed by atoms with van der Waals surface area (Å²) in [6.07, 6.45) is 3.89. The van der Waals surface area contributed by atoms with Crippen molar-refractivity contribution in [2.75, 3.05) is 12.8 Å². The number of hydrogen-bond acceptors (Lipinski definition) is 5. The second-order valence-corrected chi connectivity index (χ2v) is 5.67. The standard InChI is InChI=1S/C16H21N3O2/c1-3-4-13(20-2)14-18-15(21-19-14)16(9-10-16)11-5-7-12(17)8-6-11/h5-8,13H,3-4,9-10,17H2,1-2H3. The van der Waals surface area contributed by atoms with Crippen LogP contribution in [0.3, 0.4) is 0 Å². The summed E-state index contributed by atoms with van der Waals surface area (Å²) in [6.45, 7) is 2.11. The molecule has 5 heteroatoms. The smallest absolute Gasteiger partial charge is 0.237 e. The van der Waals surface area contributed by atoms with E-state index in [1.807, 2.05) is 24.3 Å². The average Bonchev–Trinajstić information content (AvgIpc) is 3.16. The third-order valence-corrected chi connectivity index (χ3v) is 4.19. The fourth-order valence-electron chi connectivity index (χ4n) is 2.73. The molecular formula is C16H21N3O2. The number of nitrogen functional groups attached to an aromatic ring is 1. The van der Waals surface area contributed by atoms with Gasteiger partial charge in [0.2, 0.25) is 11.7 Å². The second kappa shape index (κ2) is 5.48. The van der Waals surface area contributed by atoms with Crippen molar-refractivity contribution in [3.8, 4) is 0 Å². The Labute approximate surface area is 124 Å². The monoisotopic (exact) mass is 287 g/mol. The SMILES string of the molecule is CCCC(OC)c1noc(C2(c3ccc(N)cc3)CC2)n1. The first-order valence-corrected chi connectivity index (χ1v) is 7.42. The van der Waals surface area contributed by atoms with Gasteiger partial charge in [-0.05, 0) is 37.0 Å². The number of anilines is 1. The molecule has 3 rings (SSSR count). The lowest BCUT2D eigenvalue weighted by Gasteiger charge is -2.11. The lowest BCUT2D eigenvalue weighted by molar-refractivity contribution is 0.0854. The molecule has 1 aromatic heterocycles. The van der Waals surface area contributed by atoms with Gasteiger partial charge in [-0.3, -0.25) is 0 Å². The molecule has 1 saturated carbocycles. The van der Waals surface area contributed by atoms with Crippen molar-refractivity contribution in [1.82, 2.24) is 10.1 Å². The maximum Gasteiger partial charge on any atom is 0.237 e. The Bertz CT molecular complexity index is 602. The summed E-state index contributed by atoms with van der Waals surface area (Å²) < 4.78 is 11.0. The van der Waals surface area contributed by atoms with Crippen LogP contribution in [0.1, 0.15) is 56.0 Å². The van der Waals surface area contributed by atoms with Crippen molar-refractivity contribution in [3.63, 3.8) is 0 Å². The van der Waals surface area contributed by atoms with Crippen LogP contribution in [0.25, 0.3) is 0 Å². The van der Waals surface area contributed by atoms with E-state index < -0.39 is 0 Å². The number of rotatable bonds is 6. The molecule has 0 amide bonds. The van der Waals surface area contributed by atoms with E-state index in [9.17, 15) is 0 Å². The summed E-state index contributed by atoms with van der Waals surface area (Å²) in [7, 11) is 1.68. The van der Waals surface area contributed by atoms with E-state index >= 15 is 0 Å². The average molecular weight is 287 g/mol. The van der Waals surface area contributed by atoms with Crippen molar-refractivity contribution in [1.29, 1.82) is 0 Å². The van der Waals surface area contributed by atoms with E-state index in [0.717, 1.165) is 31.4 Å². The maximum absolute atomic E-state index is 5.76. The highest BCUT2D eigenvalue weighted by Gasteiger charge is 2.51. The number of benzene rings is 1. The zero-order chi connectivity index (χ0) is 14.9. The van der Waals surface area contributed by atoms with E-state index in [1.54, 1.807) is 7.11 Å². The minimum atomic E-state index is -0.122. The van der Waals surface area contributed by atoms with Gasteiger partial charge in [0, 0.05) is 12.8 Å². The summed E-state index contributed by atoms with van der Waals surface area (Å²) in [5.41, 5.74) is 7.59. The van der Waals surface area contributed by atoms with Gasteiger partial charge in [-0.1, -0.05) is 30.6 Å². The highest BCUT2D eigenvalue weighted by Crippen LogP contribution is 2.53. The maximum atomic E-state index is 5.76. The van der Waals surface area contributed by atoms with E-state index in [0.29, 0.717) is 11.7 Å². The highest BCUT2D eigenvalue weighted by atomic mass is 16.5. The summed E-state index contributed by atoms with van der Waals surface area (Å²) in [4.78, 5) is 4.60. The fourth-order valence-corrected chi connectivity index (χ4v) is 2.73. The third kappa shape index (κ3) is 2.53. The molecule has 1 unspecified atom stereocenters. The van der Waals surface area contributed by atoms with Crippen LogP contribution in [0.5, 0.6) is 0 Å². The van der Waals surface area contributed by atoms with Crippen LogP contribution in [-0.2, 0) is 10.2 Å². The van der Waals surface area contributed by atoms with Crippen LogP contribution in [0.15, 0.2) is 28.8 Å². The van der Waals surface area contributed by atoms with E-state index in [4.69, 9.17) is 15.0 Å². The molecule has 0 radical (unpaired) electrons. The molecule has 5 nitrogen and oxygen atoms in total. The van der Waals surface area contributed by atoms with Crippen molar-refractivity contribution >= 4 is 5.69 Å². The first-order chi connectivity index (χ1) is 10.2. The first-order valence-electron chi connectivity index (χ1n) is 7.42. The molecular weight excluding hydrogens is 266 g/mol. The van der Waals surface area contributed by atoms with Gasteiger partial charge in [0.15, 0.2) is 0 Å². The van der Waals surface area contributed by atoms with Crippen LogP contribution in [0.2, 0.25) is 0 Å². The Morgan fingerprint density at radius 2 is 2.05 bits per heavy atom. The molecule has 1 atom stereocenters. The predicted molar refractivity (Wildman–Crippen MR) is 79.8 cm³/mol. The van der Waals surface area contributed by atoms with E-state index in [2.05, 4.69) is 17.1 Å². The second-order valence-electron chi connectivity index (χ2n) is 5.67. The molecule has 0 spiro atoms. The van der Waals surface area contributed by atoms with Crippen LogP contribution in [0.4, 0.5) is 5.69 Å². The molecule has 1 aliphatic carbocycles. The Hall–Kier alpha value is -1.88. The lowest BCUT2D eigenvalue weighted by Crippen LogP contribution is -2.10. The van der Waals surface area contributed by atoms with Gasteiger partial charge in [0.1, 0.15) is 6.10 Å². The van der Waals surface area contributed by atoms with Crippen molar-refractivity contribution < 1.29 is 9.26 Å². The minimum absolute atomic E-state index is 0.0882. The van der Waals surface area contributed by atoms with Gasteiger partial charge >= 0.3 is 0 Å². The molecule has 0 bridgehead atoms. The number of aromatic nitrogens is 2. The molecule has 112 valence electrons. The number of nitrogens with zero attached hydrogens (tertiary/aromatic N) is 2. The molecule has 1 heterocycles. The summed E-state index contributed by atoms with van der Waals surface area (Å²) >= 11 is 0. The first kappa shape index (κ1) is 14.1. The normalized spacial score (nSPS) is 17.6. The van der Waals surface area contributed by atoms with Crippen molar-refractivity contribution in [3.05, 3.63) is 41.5 Å². The van der Waals surface area contributed by atoms with Gasteiger partial charge in [0.25, 0.3) is 0 Å². The lowest BCUT2D eigenvalue weighted by atomic mass is 9.95. The van der Waals surface area contributed by atoms with E-state index in [1.165, 1.54) is 5.56 Å². The van der Waals surface area contributed by atoms with Crippen LogP contribution >= 0.6 is 0 Å². The number of hydrogen-bond donors (Lipinski definition) is 1. The zero-order valence-electron chi connectivity index (χ0n) is 12.5. The van der Waals surface area contributed by atoms with Gasteiger partial charge in [-0.15, -0.1) is 0 Å². The molecule has 1 aliphatic rings. The van der Waals surface area contributed by atoms with Gasteiger partial charge in [-0.25, -0.2) is 0 Å². The molecule has 2 aromatic rings. The number of nitrogens with two attached hydrogens (primary N) is 1. The van der Waals surface area contributed by atoms with Gasteiger partial charge < -0.3 is 15.0 Å². The molecule has 21 heavy (non-hydrogen) atoms. The van der Waals surface area contributed by atoms with Gasteiger partial charge in [0.05, 0.1) is 5.41 Å². The molecule has 2 N–H and O–H groups in total. The van der Waals surface area contributed by atoms with Crippen LogP contribution in [-0.4, -0.2) is 17.3 Å². The quantitative estimate of drug-likeness (QED) is 0.826. The molecule has 1 fully saturated rings. The van der Waals surface area contributed by atoms with Gasteiger partial charge in [-0.2, -0.15) is 4.98 Å². The van der Waals surface area contributed by atoms with Crippen LogP contribution in [0, 0.1) is 0 Å². The minimum Gasteiger partial charge on any atom is -0.399 e. The van der Waals surface area contributed by atoms with Crippen molar-refractivity contribution in [2.24, 2.45) is 0 Å². The Balaban J connectivity index is 1.87. The zero-order valence-corrected chi connectivity index (χ0v) is 12.5.